The van der Waals surface area contributed by atoms with E-state index in [4.69, 9.17) is 9.97 Å². The van der Waals surface area contributed by atoms with Crippen LogP contribution in [0.15, 0.2) is 78.9 Å². The number of nitrogens with one attached hydrogen (secondary N) is 3. The molecule has 3 fully saturated rings. The molecule has 300 valence electrons. The third-order valence-corrected chi connectivity index (χ3v) is 14.1. The average molecular weight is 796 g/mol. The van der Waals surface area contributed by atoms with Crippen molar-refractivity contribution in [3.05, 3.63) is 141 Å². The van der Waals surface area contributed by atoms with Gasteiger partial charge in [-0.05, 0) is 160 Å². The van der Waals surface area contributed by atoms with Crippen molar-refractivity contribution < 1.29 is 4.79 Å². The van der Waals surface area contributed by atoms with E-state index in [0.29, 0.717) is 17.8 Å². The summed E-state index contributed by atoms with van der Waals surface area (Å²) in [5.74, 6) is 9.18. The molecule has 6 nitrogen and oxygen atoms in total. The van der Waals surface area contributed by atoms with Crippen molar-refractivity contribution >= 4 is 52.3 Å². The summed E-state index contributed by atoms with van der Waals surface area (Å²) in [7, 11) is 0. The molecule has 3 N–H and O–H groups in total. The summed E-state index contributed by atoms with van der Waals surface area (Å²) in [5, 5.41) is 3.15. The van der Waals surface area contributed by atoms with Crippen LogP contribution in [0, 0.1) is 83.0 Å². The third-order valence-electron chi connectivity index (χ3n) is 14.1. The van der Waals surface area contributed by atoms with Gasteiger partial charge in [-0.2, -0.15) is 0 Å². The molecule has 2 saturated carbocycles. The smallest absolute Gasteiger partial charge is 0.223 e. The predicted molar refractivity (Wildman–Crippen MR) is 250 cm³/mol. The Hall–Kier alpha value is -6.71. The van der Waals surface area contributed by atoms with Crippen LogP contribution in [-0.2, 0) is 4.79 Å². The van der Waals surface area contributed by atoms with Crippen molar-refractivity contribution in [3.8, 4) is 45.2 Å². The fraction of sp³-hybridized carbons (Fsp3) is 0.255. The van der Waals surface area contributed by atoms with E-state index in [0.717, 1.165) is 92.0 Å². The highest BCUT2D eigenvalue weighted by atomic mass is 16.2. The van der Waals surface area contributed by atoms with Crippen molar-refractivity contribution in [2.45, 2.75) is 54.4 Å². The molecule has 3 aliphatic heterocycles. The summed E-state index contributed by atoms with van der Waals surface area (Å²) in [6, 6.07) is 28.4. The Kier molecular flexibility index (Phi) is 8.68. The molecule has 0 unspecified atom stereocenters. The van der Waals surface area contributed by atoms with Crippen molar-refractivity contribution in [1.29, 1.82) is 0 Å². The number of benzene rings is 3. The van der Waals surface area contributed by atoms with E-state index in [1.54, 1.807) is 0 Å². The van der Waals surface area contributed by atoms with Crippen LogP contribution in [-0.4, -0.2) is 32.4 Å². The van der Waals surface area contributed by atoms with Gasteiger partial charge in [0.05, 0.1) is 33.9 Å². The van der Waals surface area contributed by atoms with Crippen LogP contribution in [0.3, 0.4) is 0 Å². The number of H-pyrrole nitrogens is 2. The predicted octanol–water partition coefficient (Wildman–Crippen LogP) is 11.9. The zero-order valence-corrected chi connectivity index (χ0v) is 35.6. The maximum Gasteiger partial charge on any atom is 0.223 e. The molecule has 0 radical (unpaired) electrons. The molecule has 0 spiro atoms. The van der Waals surface area contributed by atoms with E-state index >= 15 is 0 Å². The molecule has 2 aliphatic carbocycles. The van der Waals surface area contributed by atoms with Gasteiger partial charge in [0.1, 0.15) is 0 Å². The lowest BCUT2D eigenvalue weighted by atomic mass is 9.81. The number of carbonyl (C=O) groups excluding carboxylic acids is 1. The number of aromatic nitrogens is 4. The molecule has 6 heteroatoms. The van der Waals surface area contributed by atoms with E-state index < -0.39 is 0 Å². The molecular formula is C55H49N5O. The highest BCUT2D eigenvalue weighted by molar-refractivity contribution is 5.99. The van der Waals surface area contributed by atoms with Gasteiger partial charge in [-0.15, -0.1) is 0 Å². The molecule has 1 amide bonds. The lowest BCUT2D eigenvalue weighted by molar-refractivity contribution is -0.124. The van der Waals surface area contributed by atoms with Crippen LogP contribution in [0.1, 0.15) is 74.6 Å². The molecule has 10 bridgehead atoms. The minimum Gasteiger partial charge on any atom is -0.356 e. The van der Waals surface area contributed by atoms with Crippen molar-refractivity contribution in [2.24, 2.45) is 29.6 Å². The normalized spacial score (nSPS) is 20.8. The minimum atomic E-state index is 0.0874. The second-order valence-electron chi connectivity index (χ2n) is 18.1. The van der Waals surface area contributed by atoms with Crippen LogP contribution in [0.2, 0.25) is 0 Å². The van der Waals surface area contributed by atoms with E-state index in [2.05, 4.69) is 172 Å². The van der Waals surface area contributed by atoms with Gasteiger partial charge in [-0.3, -0.25) is 4.79 Å². The zero-order chi connectivity index (χ0) is 41.7. The lowest BCUT2D eigenvalue weighted by Crippen LogP contribution is -2.25. The first-order chi connectivity index (χ1) is 29.6. The number of aryl methyl sites for hydroxylation is 6. The summed E-state index contributed by atoms with van der Waals surface area (Å²) in [6.07, 6.45) is 10.8. The van der Waals surface area contributed by atoms with Crippen LogP contribution in [0.4, 0.5) is 0 Å². The Morgan fingerprint density at radius 2 is 1.03 bits per heavy atom. The summed E-state index contributed by atoms with van der Waals surface area (Å²) in [5.41, 5.74) is 22.1. The first kappa shape index (κ1) is 37.3. The second-order valence-corrected chi connectivity index (χ2v) is 18.1. The average Bonchev–Trinajstić information content (AvgIpc) is 4.10. The standard InChI is InChI=1S/C55H49N5O/c1-29-24-31(3)49(32(4)25-29)53-45-18-16-41(57-45)39(15-13-36-37-12-14-38(36)52-40(37)28-56-55(52)61)42-17-19-46(58-42)54(50-33(5)26-30(2)27-34(50)6)48-23-21-44(60-48)51(35-10-8-7-9-11-35)43-20-22-47(53)59-43/h7-11,16-27,36-38,40,52,57,60H,12,14,28H2,1-6H3,(H,56,61)/t36-,37-,38+,40+,52-/m0/s1. The zero-order valence-electron chi connectivity index (χ0n) is 35.6. The highest BCUT2D eigenvalue weighted by Gasteiger charge is 2.58. The third kappa shape index (κ3) is 6.04. The molecule has 1 saturated heterocycles. The number of rotatable bonds is 3. The number of carbonyl (C=O) groups is 1. The highest BCUT2D eigenvalue weighted by Crippen LogP contribution is 2.57. The lowest BCUT2D eigenvalue weighted by Gasteiger charge is -2.20. The van der Waals surface area contributed by atoms with Gasteiger partial charge in [0.15, 0.2) is 0 Å². The van der Waals surface area contributed by atoms with E-state index in [-0.39, 0.29) is 17.7 Å². The summed E-state index contributed by atoms with van der Waals surface area (Å²) < 4.78 is 0. The number of aromatic amines is 2. The number of hydrogen-bond acceptors (Lipinski definition) is 3. The van der Waals surface area contributed by atoms with Crippen molar-refractivity contribution in [2.75, 3.05) is 6.54 Å². The molecular weight excluding hydrogens is 747 g/mol. The SMILES string of the molecule is Cc1cc(C)c(-c2c3nc(c(-c4ccccc4)c4ccc([nH]4)c(-c4c(C)cc(C)cc4C)c4nc(c(C#C[C@@H]5[C@H]6CC[C@@H]5[C@H]5CNC(=O)[C@@H]65)c5ccc2[nH]5)C=C4)C=C3)c(C)c1. The first-order valence-corrected chi connectivity index (χ1v) is 21.8. The molecule has 11 rings (SSSR count). The Bertz CT molecular complexity index is 3060. The van der Waals surface area contributed by atoms with E-state index in [1.165, 1.54) is 44.5 Å². The summed E-state index contributed by atoms with van der Waals surface area (Å²) in [4.78, 5) is 31.8. The van der Waals surface area contributed by atoms with Crippen molar-refractivity contribution in [1.82, 2.24) is 25.3 Å². The monoisotopic (exact) mass is 795 g/mol. The van der Waals surface area contributed by atoms with Gasteiger partial charge in [0.25, 0.3) is 0 Å². The number of hydrogen-bond donors (Lipinski definition) is 3. The van der Waals surface area contributed by atoms with Gasteiger partial charge in [-0.25, -0.2) is 9.97 Å². The summed E-state index contributed by atoms with van der Waals surface area (Å²) >= 11 is 0. The maximum atomic E-state index is 13.0. The fourth-order valence-corrected chi connectivity index (χ4v) is 11.8. The topological polar surface area (TPSA) is 86.5 Å². The Morgan fingerprint density at radius 1 is 0.541 bits per heavy atom. The number of nitrogens with zero attached hydrogens (tertiary/aromatic N) is 2. The van der Waals surface area contributed by atoms with Crippen LogP contribution >= 0.6 is 0 Å². The first-order valence-electron chi connectivity index (χ1n) is 21.8. The van der Waals surface area contributed by atoms with Crippen LogP contribution in [0.25, 0.3) is 79.8 Å². The molecule has 3 aromatic carbocycles. The molecule has 6 heterocycles. The van der Waals surface area contributed by atoms with E-state index in [9.17, 15) is 4.79 Å². The Morgan fingerprint density at radius 3 is 1.62 bits per heavy atom. The quantitative estimate of drug-likeness (QED) is 0.156. The van der Waals surface area contributed by atoms with Crippen LogP contribution in [0.5, 0.6) is 0 Å². The van der Waals surface area contributed by atoms with Crippen LogP contribution < -0.4 is 5.32 Å². The fourth-order valence-electron chi connectivity index (χ4n) is 11.8. The van der Waals surface area contributed by atoms with E-state index in [1.807, 2.05) is 0 Å². The van der Waals surface area contributed by atoms with Gasteiger partial charge >= 0.3 is 0 Å². The minimum absolute atomic E-state index is 0.0874. The molecule has 3 aromatic heterocycles. The van der Waals surface area contributed by atoms with Crippen molar-refractivity contribution in [3.63, 3.8) is 0 Å². The maximum absolute atomic E-state index is 13.0. The molecule has 6 aromatic rings. The largest absolute Gasteiger partial charge is 0.356 e. The molecule has 5 atom stereocenters. The van der Waals surface area contributed by atoms with Gasteiger partial charge in [0.2, 0.25) is 5.91 Å². The Balaban J connectivity index is 1.26. The number of amides is 1. The summed E-state index contributed by atoms with van der Waals surface area (Å²) in [6.45, 7) is 13.9. The number of fused-ring (bicyclic) bond motifs is 13. The van der Waals surface area contributed by atoms with Gasteiger partial charge < -0.3 is 15.3 Å². The van der Waals surface area contributed by atoms with Gasteiger partial charge in [-0.1, -0.05) is 77.6 Å². The second kappa shape index (κ2) is 14.2. The van der Waals surface area contributed by atoms with Gasteiger partial charge in [0, 0.05) is 51.6 Å². The molecule has 5 aliphatic rings. The molecule has 61 heavy (non-hydrogen) atoms. The Labute approximate surface area is 357 Å².